The monoisotopic (exact) mass is 356 g/mol. The lowest BCUT2D eigenvalue weighted by molar-refractivity contribution is -0.131. The Balaban J connectivity index is 2.21. The van der Waals surface area contributed by atoms with Crippen molar-refractivity contribution in [2.75, 3.05) is 0 Å². The van der Waals surface area contributed by atoms with Gasteiger partial charge in [0.05, 0.1) is 18.4 Å². The minimum atomic E-state index is -1.25. The van der Waals surface area contributed by atoms with E-state index in [4.69, 9.17) is 16.6 Å². The topological polar surface area (TPSA) is 152 Å². The summed E-state index contributed by atoms with van der Waals surface area (Å²) in [5.41, 5.74) is 13.0. The fourth-order valence-electron chi connectivity index (χ4n) is 2.42. The van der Waals surface area contributed by atoms with Crippen molar-refractivity contribution in [3.8, 4) is 0 Å². The molecule has 0 saturated carbocycles. The van der Waals surface area contributed by atoms with Crippen LogP contribution in [0.4, 0.5) is 0 Å². The number of benzene rings is 1. The van der Waals surface area contributed by atoms with E-state index in [0.717, 1.165) is 11.8 Å². The highest BCUT2D eigenvalue weighted by Crippen LogP contribution is 2.18. The van der Waals surface area contributed by atoms with E-state index in [9.17, 15) is 14.4 Å². The van der Waals surface area contributed by atoms with Crippen molar-refractivity contribution in [2.45, 2.75) is 25.4 Å². The number of nitrogens with zero attached hydrogens (tertiary/aromatic N) is 1. The van der Waals surface area contributed by atoms with E-state index in [1.165, 1.54) is 37.5 Å². The van der Waals surface area contributed by atoms with Crippen LogP contribution in [0.1, 0.15) is 28.5 Å². The van der Waals surface area contributed by atoms with E-state index in [2.05, 4.69) is 9.97 Å². The number of hydrogen-bond donors (Lipinski definition) is 4. The predicted molar refractivity (Wildman–Crippen MR) is 95.3 cm³/mol. The quantitative estimate of drug-likeness (QED) is 0.398. The number of carboxylic acid groups (broad SMARTS) is 1. The van der Waals surface area contributed by atoms with Crippen LogP contribution in [0.25, 0.3) is 5.57 Å². The molecule has 2 aromatic rings. The van der Waals surface area contributed by atoms with Gasteiger partial charge in [-0.2, -0.15) is 0 Å². The summed E-state index contributed by atoms with van der Waals surface area (Å²) in [5.74, 6) is -2.02. The lowest BCUT2D eigenvalue weighted by atomic mass is 9.94. The van der Waals surface area contributed by atoms with Gasteiger partial charge in [-0.15, -0.1) is 0 Å². The Morgan fingerprint density at radius 3 is 2.31 bits per heavy atom. The smallest absolute Gasteiger partial charge is 0.329 e. The largest absolute Gasteiger partial charge is 0.478 e. The summed E-state index contributed by atoms with van der Waals surface area (Å²) in [6.45, 7) is 1.48. The van der Waals surface area contributed by atoms with Gasteiger partial charge in [-0.3, -0.25) is 9.59 Å². The van der Waals surface area contributed by atoms with Crippen molar-refractivity contribution in [1.29, 1.82) is 0 Å². The van der Waals surface area contributed by atoms with Gasteiger partial charge < -0.3 is 21.6 Å². The molecule has 0 unspecified atom stereocenters. The molecule has 2 atom stereocenters. The van der Waals surface area contributed by atoms with Crippen molar-refractivity contribution in [3.05, 3.63) is 59.7 Å². The first-order chi connectivity index (χ1) is 12.3. The summed E-state index contributed by atoms with van der Waals surface area (Å²) in [7, 11) is 0. The Morgan fingerprint density at radius 2 is 1.81 bits per heavy atom. The Kier molecular flexibility index (Phi) is 6.16. The highest BCUT2D eigenvalue weighted by molar-refractivity contribution is 6.26. The number of carbonyl (C=O) groups excluding carboxylic acids is 2. The number of Topliss-reactive ketones (excluding diaryl/α,β-unsaturated/α-hetero) is 2. The van der Waals surface area contributed by atoms with Crippen molar-refractivity contribution in [2.24, 2.45) is 11.5 Å². The zero-order valence-electron chi connectivity index (χ0n) is 14.2. The van der Waals surface area contributed by atoms with E-state index in [-0.39, 0.29) is 11.4 Å². The van der Waals surface area contributed by atoms with Crippen LogP contribution in [0.15, 0.2) is 42.9 Å². The Hall–Kier alpha value is -3.10. The minimum Gasteiger partial charge on any atom is -0.478 e. The van der Waals surface area contributed by atoms with Crippen LogP contribution in [0.5, 0.6) is 0 Å². The first-order valence-corrected chi connectivity index (χ1v) is 7.91. The van der Waals surface area contributed by atoms with Gasteiger partial charge in [0.15, 0.2) is 11.6 Å². The SMILES string of the molecule is C[C@H](N)C(=O)C(=CC(=O)O)c1ccc(C(=O)[C@@H](N)Cc2cnc[nH]2)cc1. The van der Waals surface area contributed by atoms with Gasteiger partial charge in [-0.05, 0) is 12.5 Å². The zero-order valence-corrected chi connectivity index (χ0v) is 14.2. The number of rotatable bonds is 8. The molecule has 2 rings (SSSR count). The molecular formula is C18H20N4O4. The highest BCUT2D eigenvalue weighted by Gasteiger charge is 2.20. The van der Waals surface area contributed by atoms with Crippen LogP contribution in [0, 0.1) is 0 Å². The fraction of sp³-hybridized carbons (Fsp3) is 0.222. The van der Waals surface area contributed by atoms with Crippen LogP contribution in [-0.2, 0) is 16.0 Å². The number of aliphatic carboxylic acids is 1. The number of H-pyrrole nitrogens is 1. The van der Waals surface area contributed by atoms with Gasteiger partial charge in [-0.25, -0.2) is 9.78 Å². The minimum absolute atomic E-state index is 0.0201. The Morgan fingerprint density at radius 1 is 1.19 bits per heavy atom. The molecule has 1 heterocycles. The molecule has 136 valence electrons. The van der Waals surface area contributed by atoms with Crippen molar-refractivity contribution in [3.63, 3.8) is 0 Å². The summed E-state index contributed by atoms with van der Waals surface area (Å²) < 4.78 is 0. The summed E-state index contributed by atoms with van der Waals surface area (Å²) in [4.78, 5) is 42.3. The standard InChI is InChI=1S/C18H20N4O4/c1-10(19)17(25)14(7-16(23)24)11-2-4-12(5-3-11)18(26)15(20)6-13-8-21-9-22-13/h2-5,7-10,15H,6,19-20H2,1H3,(H,21,22)(H,23,24)/t10-,15-/m0/s1. The van der Waals surface area contributed by atoms with Crippen molar-refractivity contribution in [1.82, 2.24) is 9.97 Å². The molecule has 8 heteroatoms. The van der Waals surface area contributed by atoms with Gasteiger partial charge in [0.1, 0.15) is 0 Å². The molecule has 1 aromatic carbocycles. The third kappa shape index (κ3) is 4.71. The number of carboxylic acids is 1. The molecule has 0 spiro atoms. The molecule has 26 heavy (non-hydrogen) atoms. The molecular weight excluding hydrogens is 336 g/mol. The fourth-order valence-corrected chi connectivity index (χ4v) is 2.42. The number of aromatic amines is 1. The molecule has 0 aliphatic heterocycles. The lowest BCUT2D eigenvalue weighted by Crippen LogP contribution is -2.33. The summed E-state index contributed by atoms with van der Waals surface area (Å²) in [5, 5.41) is 8.97. The molecule has 0 aliphatic carbocycles. The van der Waals surface area contributed by atoms with E-state index in [1.807, 2.05) is 0 Å². The Labute approximate surface area is 149 Å². The summed E-state index contributed by atoms with van der Waals surface area (Å²) >= 11 is 0. The zero-order chi connectivity index (χ0) is 19.3. The highest BCUT2D eigenvalue weighted by atomic mass is 16.4. The number of nitrogens with two attached hydrogens (primary N) is 2. The van der Waals surface area contributed by atoms with Crippen molar-refractivity contribution < 1.29 is 19.5 Å². The number of nitrogens with one attached hydrogen (secondary N) is 1. The maximum absolute atomic E-state index is 12.4. The van der Waals surface area contributed by atoms with Gasteiger partial charge in [0.2, 0.25) is 0 Å². The van der Waals surface area contributed by atoms with Gasteiger partial charge >= 0.3 is 5.97 Å². The molecule has 0 fully saturated rings. The summed E-state index contributed by atoms with van der Waals surface area (Å²) in [6.07, 6.45) is 4.23. The average molecular weight is 356 g/mol. The number of carbonyl (C=O) groups is 3. The first kappa shape index (κ1) is 19.2. The molecule has 0 bridgehead atoms. The normalized spacial score (nSPS) is 13.9. The van der Waals surface area contributed by atoms with Crippen LogP contribution in [0.3, 0.4) is 0 Å². The Bertz CT molecular complexity index is 823. The van der Waals surface area contributed by atoms with E-state index >= 15 is 0 Å². The van der Waals surface area contributed by atoms with Crippen LogP contribution in [-0.4, -0.2) is 44.7 Å². The third-order valence-corrected chi connectivity index (χ3v) is 3.76. The van der Waals surface area contributed by atoms with Crippen LogP contribution < -0.4 is 11.5 Å². The second-order valence-corrected chi connectivity index (χ2v) is 5.88. The summed E-state index contributed by atoms with van der Waals surface area (Å²) in [6, 6.07) is 4.44. The van der Waals surface area contributed by atoms with Gasteiger partial charge in [0.25, 0.3) is 0 Å². The molecule has 6 N–H and O–H groups in total. The van der Waals surface area contributed by atoms with Crippen LogP contribution in [0.2, 0.25) is 0 Å². The predicted octanol–water partition coefficient (Wildman–Crippen LogP) is 0.547. The van der Waals surface area contributed by atoms with Gasteiger partial charge in [0, 0.05) is 35.5 Å². The molecule has 8 nitrogen and oxygen atoms in total. The van der Waals surface area contributed by atoms with E-state index in [0.29, 0.717) is 17.5 Å². The molecule has 1 aromatic heterocycles. The lowest BCUT2D eigenvalue weighted by Gasteiger charge is -2.12. The molecule has 0 aliphatic rings. The van der Waals surface area contributed by atoms with Crippen LogP contribution >= 0.6 is 0 Å². The van der Waals surface area contributed by atoms with E-state index < -0.39 is 23.8 Å². The number of imidazole rings is 1. The average Bonchev–Trinajstić information content (AvgIpc) is 3.11. The molecule has 0 saturated heterocycles. The molecule has 0 radical (unpaired) electrons. The van der Waals surface area contributed by atoms with Gasteiger partial charge in [-0.1, -0.05) is 24.3 Å². The maximum atomic E-state index is 12.4. The maximum Gasteiger partial charge on any atom is 0.329 e. The number of ketones is 2. The second-order valence-electron chi connectivity index (χ2n) is 5.88. The number of aromatic nitrogens is 2. The number of hydrogen-bond acceptors (Lipinski definition) is 6. The second kappa shape index (κ2) is 8.32. The first-order valence-electron chi connectivity index (χ1n) is 7.91. The molecule has 0 amide bonds. The van der Waals surface area contributed by atoms with E-state index in [1.54, 1.807) is 6.20 Å². The third-order valence-electron chi connectivity index (χ3n) is 3.76. The van der Waals surface area contributed by atoms with Crippen molar-refractivity contribution >= 4 is 23.1 Å².